The molecule has 0 saturated heterocycles. The van der Waals surface area contributed by atoms with E-state index in [4.69, 9.17) is 0 Å². The molecule has 5 nitrogen and oxygen atoms in total. The summed E-state index contributed by atoms with van der Waals surface area (Å²) in [5.74, 6) is -0.0653. The molecular weight excluding hydrogens is 398 g/mol. The summed E-state index contributed by atoms with van der Waals surface area (Å²) in [5, 5.41) is 9.16. The molecule has 1 N–H and O–H groups in total. The molecule has 8 heteroatoms. The molecular formula is C19H19N3O2S3. The summed E-state index contributed by atoms with van der Waals surface area (Å²) in [6, 6.07) is 5.92. The topological polar surface area (TPSA) is 62.3 Å². The Morgan fingerprint density at radius 1 is 1.26 bits per heavy atom. The maximum Gasteiger partial charge on any atom is 0.267 e. The van der Waals surface area contributed by atoms with Gasteiger partial charge in [-0.05, 0) is 41.3 Å². The van der Waals surface area contributed by atoms with Crippen molar-refractivity contribution in [1.29, 1.82) is 0 Å². The average Bonchev–Trinajstić information content (AvgIpc) is 3.42. The minimum Gasteiger partial charge on any atom is -0.335 e. The molecule has 27 heavy (non-hydrogen) atoms. The van der Waals surface area contributed by atoms with Gasteiger partial charge in [0.15, 0.2) is 5.13 Å². The lowest BCUT2D eigenvalue weighted by atomic mass is 9.97. The third kappa shape index (κ3) is 3.83. The van der Waals surface area contributed by atoms with Crippen molar-refractivity contribution >= 4 is 51.0 Å². The van der Waals surface area contributed by atoms with Crippen molar-refractivity contribution in [1.82, 2.24) is 9.88 Å². The molecule has 1 aliphatic rings. The van der Waals surface area contributed by atoms with Crippen molar-refractivity contribution in [2.75, 3.05) is 11.9 Å². The molecule has 0 radical (unpaired) electrons. The first-order valence-electron chi connectivity index (χ1n) is 8.80. The number of hydrogen-bond donors (Lipinski definition) is 1. The Balaban J connectivity index is 1.41. The lowest BCUT2D eigenvalue weighted by Crippen LogP contribution is -2.40. The number of nitrogens with zero attached hydrogens (tertiary/aromatic N) is 2. The molecule has 4 heterocycles. The number of thiazole rings is 1. The van der Waals surface area contributed by atoms with Gasteiger partial charge in [0.2, 0.25) is 5.91 Å². The van der Waals surface area contributed by atoms with Gasteiger partial charge in [-0.15, -0.1) is 34.0 Å². The minimum absolute atomic E-state index is 0.0973. The van der Waals surface area contributed by atoms with Gasteiger partial charge in [-0.2, -0.15) is 0 Å². The number of fused-ring (bicyclic) bond motifs is 1. The highest BCUT2D eigenvalue weighted by Gasteiger charge is 2.30. The molecule has 0 aromatic carbocycles. The van der Waals surface area contributed by atoms with Crippen LogP contribution in [0.5, 0.6) is 0 Å². The summed E-state index contributed by atoms with van der Waals surface area (Å²) < 4.78 is 0. The molecule has 0 bridgehead atoms. The maximum absolute atomic E-state index is 12.9. The van der Waals surface area contributed by atoms with Gasteiger partial charge in [-0.1, -0.05) is 13.0 Å². The summed E-state index contributed by atoms with van der Waals surface area (Å²) >= 11 is 4.52. The predicted molar refractivity (Wildman–Crippen MR) is 111 cm³/mol. The summed E-state index contributed by atoms with van der Waals surface area (Å²) in [4.78, 5) is 33.5. The van der Waals surface area contributed by atoms with E-state index in [-0.39, 0.29) is 24.3 Å². The summed E-state index contributed by atoms with van der Waals surface area (Å²) in [6.45, 7) is 2.88. The van der Waals surface area contributed by atoms with E-state index < -0.39 is 0 Å². The fraction of sp³-hybridized carbons (Fsp3) is 0.316. The van der Waals surface area contributed by atoms with Crippen LogP contribution in [0.3, 0.4) is 0 Å². The Kier molecular flexibility index (Phi) is 5.38. The normalized spacial score (nSPS) is 16.2. The number of carbonyl (C=O) groups excluding carboxylic acids is 2. The second kappa shape index (κ2) is 7.92. The zero-order chi connectivity index (χ0) is 18.8. The fourth-order valence-corrected chi connectivity index (χ4v) is 5.66. The highest BCUT2D eigenvalue weighted by atomic mass is 32.1. The molecule has 1 atom stereocenters. The van der Waals surface area contributed by atoms with E-state index in [2.05, 4.69) is 28.7 Å². The molecule has 0 fully saturated rings. The number of hydrogen-bond acceptors (Lipinski definition) is 6. The number of thiophene rings is 2. The van der Waals surface area contributed by atoms with Crippen LogP contribution >= 0.6 is 34.0 Å². The largest absolute Gasteiger partial charge is 0.335 e. The molecule has 4 rings (SSSR count). The van der Waals surface area contributed by atoms with Gasteiger partial charge in [0.05, 0.1) is 23.0 Å². The molecule has 0 spiro atoms. The molecule has 140 valence electrons. The lowest BCUT2D eigenvalue weighted by Gasteiger charge is -2.35. The van der Waals surface area contributed by atoms with E-state index in [1.165, 1.54) is 33.1 Å². The quantitative estimate of drug-likeness (QED) is 0.660. The number of amides is 2. The molecule has 3 aromatic heterocycles. The monoisotopic (exact) mass is 417 g/mol. The van der Waals surface area contributed by atoms with Gasteiger partial charge in [0.25, 0.3) is 5.91 Å². The van der Waals surface area contributed by atoms with Crippen molar-refractivity contribution in [3.63, 3.8) is 0 Å². The van der Waals surface area contributed by atoms with Crippen molar-refractivity contribution in [2.24, 2.45) is 0 Å². The van der Waals surface area contributed by atoms with E-state index in [1.54, 1.807) is 17.4 Å². The zero-order valence-corrected chi connectivity index (χ0v) is 17.3. The predicted octanol–water partition coefficient (Wildman–Crippen LogP) is 4.60. The van der Waals surface area contributed by atoms with Crippen LogP contribution in [0, 0.1) is 0 Å². The van der Waals surface area contributed by atoms with E-state index in [1.807, 2.05) is 21.7 Å². The molecule has 0 saturated carbocycles. The second-order valence-corrected chi connectivity index (χ2v) is 9.12. The van der Waals surface area contributed by atoms with Crippen LogP contribution in [-0.4, -0.2) is 28.2 Å². The molecule has 3 aromatic rings. The molecule has 2 amide bonds. The Morgan fingerprint density at radius 3 is 2.93 bits per heavy atom. The minimum atomic E-state index is -0.163. The molecule has 1 unspecified atom stereocenters. The highest BCUT2D eigenvalue weighted by molar-refractivity contribution is 7.14. The van der Waals surface area contributed by atoms with E-state index in [9.17, 15) is 9.59 Å². The van der Waals surface area contributed by atoms with Gasteiger partial charge in [0.1, 0.15) is 0 Å². The first kappa shape index (κ1) is 18.3. The molecule has 0 aliphatic carbocycles. The summed E-state index contributed by atoms with van der Waals surface area (Å²) in [6.07, 6.45) is 2.10. The fourth-order valence-electron chi connectivity index (χ4n) is 3.40. The number of rotatable bonds is 5. The van der Waals surface area contributed by atoms with Crippen molar-refractivity contribution in [2.45, 2.75) is 32.2 Å². The van der Waals surface area contributed by atoms with Crippen LogP contribution in [0.15, 0.2) is 34.3 Å². The Morgan fingerprint density at radius 2 is 2.15 bits per heavy atom. The van der Waals surface area contributed by atoms with Crippen LogP contribution in [-0.2, 0) is 17.6 Å². The SMILES string of the molecule is CCC1c2ccsc2CCN1C(=O)Cc1csc(NC(=O)c2cccs2)n1. The Hall–Kier alpha value is -2.03. The van der Waals surface area contributed by atoms with Crippen LogP contribution in [0.4, 0.5) is 5.13 Å². The van der Waals surface area contributed by atoms with Gasteiger partial charge < -0.3 is 4.90 Å². The third-order valence-corrected chi connectivity index (χ3v) is 7.32. The number of nitrogens with one attached hydrogen (secondary N) is 1. The Labute approximate surface area is 169 Å². The van der Waals surface area contributed by atoms with Crippen molar-refractivity contribution in [3.8, 4) is 0 Å². The third-order valence-electron chi connectivity index (χ3n) is 4.65. The maximum atomic E-state index is 12.9. The van der Waals surface area contributed by atoms with E-state index >= 15 is 0 Å². The second-order valence-electron chi connectivity index (χ2n) is 6.31. The first-order chi connectivity index (χ1) is 13.2. The summed E-state index contributed by atoms with van der Waals surface area (Å²) in [5.41, 5.74) is 2.00. The van der Waals surface area contributed by atoms with Crippen LogP contribution in [0.2, 0.25) is 0 Å². The summed E-state index contributed by atoms with van der Waals surface area (Å²) in [7, 11) is 0. The van der Waals surface area contributed by atoms with Crippen LogP contribution in [0.1, 0.15) is 45.2 Å². The van der Waals surface area contributed by atoms with Crippen LogP contribution in [0.25, 0.3) is 0 Å². The lowest BCUT2D eigenvalue weighted by molar-refractivity contribution is -0.133. The molecule has 1 aliphatic heterocycles. The first-order valence-corrected chi connectivity index (χ1v) is 11.4. The highest BCUT2D eigenvalue weighted by Crippen LogP contribution is 2.35. The smallest absolute Gasteiger partial charge is 0.267 e. The van der Waals surface area contributed by atoms with Crippen LogP contribution < -0.4 is 5.32 Å². The number of aromatic nitrogens is 1. The number of carbonyl (C=O) groups is 2. The zero-order valence-electron chi connectivity index (χ0n) is 14.8. The van der Waals surface area contributed by atoms with Gasteiger partial charge >= 0.3 is 0 Å². The average molecular weight is 418 g/mol. The standard InChI is InChI=1S/C19H19N3O2S3/c1-2-14-13-6-9-26-15(13)5-7-22(14)17(23)10-12-11-27-19(20-12)21-18(24)16-4-3-8-25-16/h3-4,6,8-9,11,14H,2,5,7,10H2,1H3,(H,20,21,24). The Bertz CT molecular complexity index is 945. The van der Waals surface area contributed by atoms with Gasteiger partial charge in [-0.3, -0.25) is 14.9 Å². The number of anilines is 1. The van der Waals surface area contributed by atoms with Gasteiger partial charge in [-0.25, -0.2) is 4.98 Å². The van der Waals surface area contributed by atoms with E-state index in [0.29, 0.717) is 15.7 Å². The van der Waals surface area contributed by atoms with E-state index in [0.717, 1.165) is 19.4 Å². The van der Waals surface area contributed by atoms with Gasteiger partial charge in [0, 0.05) is 16.8 Å². The van der Waals surface area contributed by atoms with Crippen molar-refractivity contribution in [3.05, 3.63) is 55.4 Å². The van der Waals surface area contributed by atoms with Crippen molar-refractivity contribution < 1.29 is 9.59 Å².